The van der Waals surface area contributed by atoms with E-state index in [1.165, 1.54) is 11.1 Å². The maximum atomic E-state index is 12.3. The second-order valence-electron chi connectivity index (χ2n) is 5.46. The predicted octanol–water partition coefficient (Wildman–Crippen LogP) is 2.19. The monoisotopic (exact) mass is 260 g/mol. The van der Waals surface area contributed by atoms with Gasteiger partial charge in [0, 0.05) is 6.54 Å². The van der Waals surface area contributed by atoms with Crippen molar-refractivity contribution < 1.29 is 4.79 Å². The topological polar surface area (TPSA) is 41.1 Å². The Morgan fingerprint density at radius 3 is 2.95 bits per heavy atom. The van der Waals surface area contributed by atoms with E-state index in [4.69, 9.17) is 0 Å². The van der Waals surface area contributed by atoms with Crippen molar-refractivity contribution in [2.75, 3.05) is 13.1 Å². The number of rotatable bonds is 5. The minimum absolute atomic E-state index is 0.167. The largest absolute Gasteiger partial charge is 0.354 e. The first-order valence-electron chi connectivity index (χ1n) is 7.25. The summed E-state index contributed by atoms with van der Waals surface area (Å²) in [6.07, 6.45) is 3.81. The van der Waals surface area contributed by atoms with E-state index in [0.717, 1.165) is 32.2 Å². The Balaban J connectivity index is 1.84. The molecule has 1 aromatic rings. The average molecular weight is 260 g/mol. The number of hydrogen-bond donors (Lipinski definition) is 2. The molecule has 3 nitrogen and oxygen atoms in total. The summed E-state index contributed by atoms with van der Waals surface area (Å²) in [7, 11) is 0. The summed E-state index contributed by atoms with van der Waals surface area (Å²) in [5.74, 6) is 0.167. The number of hydrogen-bond acceptors (Lipinski definition) is 2. The number of aryl methyl sites for hydroxylation is 1. The van der Waals surface area contributed by atoms with Crippen molar-refractivity contribution in [2.24, 2.45) is 0 Å². The molecular weight excluding hydrogens is 236 g/mol. The van der Waals surface area contributed by atoms with Crippen molar-refractivity contribution in [1.82, 2.24) is 10.6 Å². The van der Waals surface area contributed by atoms with Crippen LogP contribution in [-0.2, 0) is 11.2 Å². The number of amides is 1. The van der Waals surface area contributed by atoms with Crippen LogP contribution in [0.2, 0.25) is 0 Å². The first-order valence-corrected chi connectivity index (χ1v) is 7.25. The van der Waals surface area contributed by atoms with Crippen LogP contribution in [0.3, 0.4) is 0 Å². The Morgan fingerprint density at radius 2 is 2.32 bits per heavy atom. The van der Waals surface area contributed by atoms with E-state index in [1.807, 2.05) is 0 Å². The van der Waals surface area contributed by atoms with Crippen LogP contribution < -0.4 is 10.6 Å². The van der Waals surface area contributed by atoms with Gasteiger partial charge in [-0.25, -0.2) is 0 Å². The van der Waals surface area contributed by atoms with Crippen LogP contribution in [-0.4, -0.2) is 24.5 Å². The molecule has 1 heterocycles. The Kier molecular flexibility index (Phi) is 4.59. The first kappa shape index (κ1) is 14.1. The molecule has 1 amide bonds. The molecule has 1 aliphatic rings. The zero-order chi connectivity index (χ0) is 13.7. The summed E-state index contributed by atoms with van der Waals surface area (Å²) in [6.45, 7) is 5.85. The highest BCUT2D eigenvalue weighted by Gasteiger charge is 2.38. The van der Waals surface area contributed by atoms with Gasteiger partial charge in [-0.05, 0) is 44.7 Å². The molecule has 0 bridgehead atoms. The molecule has 1 fully saturated rings. The van der Waals surface area contributed by atoms with Gasteiger partial charge in [-0.15, -0.1) is 0 Å². The molecule has 1 saturated heterocycles. The standard InChI is InChI=1S/C16H24N2O/c1-3-16(9-5-10-18-16)15(19)17-11-8-14-7-4-6-13(2)12-14/h4,6-7,12,18H,3,5,8-11H2,1-2H3,(H,17,19). The van der Waals surface area contributed by atoms with Crippen molar-refractivity contribution in [3.05, 3.63) is 35.4 Å². The third kappa shape index (κ3) is 3.35. The molecule has 104 valence electrons. The smallest absolute Gasteiger partial charge is 0.240 e. The first-order chi connectivity index (χ1) is 9.16. The van der Waals surface area contributed by atoms with E-state index in [1.54, 1.807) is 0 Å². The quantitative estimate of drug-likeness (QED) is 0.852. The van der Waals surface area contributed by atoms with Gasteiger partial charge >= 0.3 is 0 Å². The van der Waals surface area contributed by atoms with Crippen molar-refractivity contribution >= 4 is 5.91 Å². The molecule has 0 aromatic heterocycles. The molecule has 1 aromatic carbocycles. The fourth-order valence-corrected chi connectivity index (χ4v) is 2.82. The highest BCUT2D eigenvalue weighted by atomic mass is 16.2. The molecule has 1 aliphatic heterocycles. The third-order valence-electron chi connectivity index (χ3n) is 4.06. The van der Waals surface area contributed by atoms with Crippen LogP contribution in [0.1, 0.15) is 37.3 Å². The van der Waals surface area contributed by atoms with E-state index in [-0.39, 0.29) is 11.4 Å². The van der Waals surface area contributed by atoms with E-state index < -0.39 is 0 Å². The van der Waals surface area contributed by atoms with Gasteiger partial charge in [-0.2, -0.15) is 0 Å². The zero-order valence-corrected chi connectivity index (χ0v) is 12.0. The van der Waals surface area contributed by atoms with Crippen molar-refractivity contribution in [3.8, 4) is 0 Å². The van der Waals surface area contributed by atoms with Crippen LogP contribution in [0.25, 0.3) is 0 Å². The number of carbonyl (C=O) groups excluding carboxylic acids is 1. The molecule has 19 heavy (non-hydrogen) atoms. The molecule has 1 atom stereocenters. The second-order valence-corrected chi connectivity index (χ2v) is 5.46. The number of nitrogens with one attached hydrogen (secondary N) is 2. The van der Waals surface area contributed by atoms with Crippen molar-refractivity contribution in [1.29, 1.82) is 0 Å². The average Bonchev–Trinajstić information content (AvgIpc) is 2.89. The van der Waals surface area contributed by atoms with Crippen molar-refractivity contribution in [2.45, 2.75) is 45.1 Å². The fraction of sp³-hybridized carbons (Fsp3) is 0.562. The van der Waals surface area contributed by atoms with Gasteiger partial charge in [0.1, 0.15) is 0 Å². The normalized spacial score (nSPS) is 22.4. The lowest BCUT2D eigenvalue weighted by atomic mass is 9.93. The van der Waals surface area contributed by atoms with Crippen molar-refractivity contribution in [3.63, 3.8) is 0 Å². The van der Waals surface area contributed by atoms with E-state index in [0.29, 0.717) is 6.54 Å². The fourth-order valence-electron chi connectivity index (χ4n) is 2.82. The van der Waals surface area contributed by atoms with E-state index >= 15 is 0 Å². The summed E-state index contributed by atoms with van der Waals surface area (Å²) in [4.78, 5) is 12.3. The van der Waals surface area contributed by atoms with Gasteiger partial charge in [-0.1, -0.05) is 36.8 Å². The molecular formula is C16H24N2O. The summed E-state index contributed by atoms with van der Waals surface area (Å²) >= 11 is 0. The minimum atomic E-state index is -0.313. The lowest BCUT2D eigenvalue weighted by molar-refractivity contribution is -0.127. The van der Waals surface area contributed by atoms with Gasteiger partial charge in [0.2, 0.25) is 5.91 Å². The zero-order valence-electron chi connectivity index (χ0n) is 12.0. The third-order valence-corrected chi connectivity index (χ3v) is 4.06. The van der Waals surface area contributed by atoms with Gasteiger partial charge in [-0.3, -0.25) is 4.79 Å². The highest BCUT2D eigenvalue weighted by Crippen LogP contribution is 2.22. The van der Waals surface area contributed by atoms with Crippen LogP contribution in [0, 0.1) is 6.92 Å². The molecule has 0 aliphatic carbocycles. The summed E-state index contributed by atoms with van der Waals surface area (Å²) in [5.41, 5.74) is 2.24. The number of carbonyl (C=O) groups is 1. The highest BCUT2D eigenvalue weighted by molar-refractivity contribution is 5.86. The number of benzene rings is 1. The SMILES string of the molecule is CCC1(C(=O)NCCc2cccc(C)c2)CCCN1. The Labute approximate surface area is 115 Å². The maximum absolute atomic E-state index is 12.3. The molecule has 2 N–H and O–H groups in total. The molecule has 0 saturated carbocycles. The maximum Gasteiger partial charge on any atom is 0.240 e. The van der Waals surface area contributed by atoms with Crippen LogP contribution in [0.4, 0.5) is 0 Å². The summed E-state index contributed by atoms with van der Waals surface area (Å²) in [5, 5.41) is 6.45. The van der Waals surface area contributed by atoms with Gasteiger partial charge < -0.3 is 10.6 Å². The molecule has 1 unspecified atom stereocenters. The van der Waals surface area contributed by atoms with Gasteiger partial charge in [0.25, 0.3) is 0 Å². The Morgan fingerprint density at radius 1 is 1.47 bits per heavy atom. The Hall–Kier alpha value is -1.35. The minimum Gasteiger partial charge on any atom is -0.354 e. The van der Waals surface area contributed by atoms with E-state index in [2.05, 4.69) is 48.7 Å². The second kappa shape index (κ2) is 6.20. The molecule has 0 radical (unpaired) electrons. The molecule has 3 heteroatoms. The molecule has 2 rings (SSSR count). The Bertz CT molecular complexity index is 436. The lowest BCUT2D eigenvalue weighted by Crippen LogP contribution is -2.53. The van der Waals surface area contributed by atoms with Gasteiger partial charge in [0.05, 0.1) is 5.54 Å². The summed E-state index contributed by atoms with van der Waals surface area (Å²) in [6, 6.07) is 8.45. The van der Waals surface area contributed by atoms with E-state index in [9.17, 15) is 4.79 Å². The lowest BCUT2D eigenvalue weighted by Gasteiger charge is -2.26. The van der Waals surface area contributed by atoms with Crippen LogP contribution in [0.5, 0.6) is 0 Å². The summed E-state index contributed by atoms with van der Waals surface area (Å²) < 4.78 is 0. The van der Waals surface area contributed by atoms with Crippen LogP contribution in [0.15, 0.2) is 24.3 Å². The van der Waals surface area contributed by atoms with Gasteiger partial charge in [0.15, 0.2) is 0 Å². The van der Waals surface area contributed by atoms with Crippen LogP contribution >= 0.6 is 0 Å². The molecule has 0 spiro atoms. The predicted molar refractivity (Wildman–Crippen MR) is 78.2 cm³/mol.